The summed E-state index contributed by atoms with van der Waals surface area (Å²) in [5, 5.41) is 2.84. The van der Waals surface area contributed by atoms with Crippen LogP contribution < -0.4 is 10.1 Å². The van der Waals surface area contributed by atoms with Crippen LogP contribution in [0.2, 0.25) is 0 Å². The first kappa shape index (κ1) is 23.0. The largest absolute Gasteiger partial charge is 0.490 e. The molecule has 0 aliphatic heterocycles. The Bertz CT molecular complexity index is 1070. The van der Waals surface area contributed by atoms with Gasteiger partial charge in [-0.25, -0.2) is 4.39 Å². The van der Waals surface area contributed by atoms with E-state index < -0.39 is 0 Å². The summed E-state index contributed by atoms with van der Waals surface area (Å²) in [4.78, 5) is 11.3. The lowest BCUT2D eigenvalue weighted by atomic mass is 9.83. The molecule has 2 atom stereocenters. The molecule has 4 rings (SSSR count). The van der Waals surface area contributed by atoms with Gasteiger partial charge in [0.05, 0.1) is 6.10 Å². The molecule has 0 spiro atoms. The van der Waals surface area contributed by atoms with E-state index in [2.05, 4.69) is 35.6 Å². The molecule has 172 valence electrons. The van der Waals surface area contributed by atoms with Gasteiger partial charge in [0.25, 0.3) is 0 Å². The highest BCUT2D eigenvalue weighted by Crippen LogP contribution is 2.33. The molecule has 1 amide bonds. The lowest BCUT2D eigenvalue weighted by Crippen LogP contribution is -2.26. The van der Waals surface area contributed by atoms with E-state index in [0.29, 0.717) is 18.9 Å². The molecule has 1 fully saturated rings. The average Bonchev–Trinajstić information content (AvgIpc) is 2.80. The molecule has 1 aliphatic rings. The Kier molecular flexibility index (Phi) is 7.77. The van der Waals surface area contributed by atoms with Crippen LogP contribution in [-0.2, 0) is 17.6 Å². The van der Waals surface area contributed by atoms with Crippen molar-refractivity contribution in [1.29, 1.82) is 0 Å². The minimum absolute atomic E-state index is 0.0513. The number of nitrogens with one attached hydrogen (secondary N) is 1. The predicted molar refractivity (Wildman–Crippen MR) is 131 cm³/mol. The summed E-state index contributed by atoms with van der Waals surface area (Å²) in [5.74, 6) is 1.14. The van der Waals surface area contributed by atoms with Crippen LogP contribution in [0.3, 0.4) is 0 Å². The first-order valence-corrected chi connectivity index (χ1v) is 11.9. The standard InChI is InChI=1S/C29H32FNO2/c1-21(32)31-16-15-24-13-14-28(20-29(24)25-10-6-11-26(30)19-25)33-27-12-5-9-23(18-27)17-22-7-3-2-4-8-22/h2-4,6-8,10-11,13-14,19-20,23,27H,5,9,12,15-18H2,1H3,(H,31,32)/t23-,27-/m0/s1. The second kappa shape index (κ2) is 11.1. The summed E-state index contributed by atoms with van der Waals surface area (Å²) < 4.78 is 20.4. The average molecular weight is 446 g/mol. The minimum atomic E-state index is -0.261. The van der Waals surface area contributed by atoms with Gasteiger partial charge in [-0.05, 0) is 91.0 Å². The van der Waals surface area contributed by atoms with Crippen LogP contribution in [0.4, 0.5) is 4.39 Å². The molecule has 1 saturated carbocycles. The third-order valence-corrected chi connectivity index (χ3v) is 6.39. The molecule has 3 nitrogen and oxygen atoms in total. The van der Waals surface area contributed by atoms with E-state index in [1.54, 1.807) is 12.1 Å². The summed E-state index contributed by atoms with van der Waals surface area (Å²) in [6.45, 7) is 2.06. The first-order chi connectivity index (χ1) is 16.1. The number of benzene rings is 3. The third-order valence-electron chi connectivity index (χ3n) is 6.39. The van der Waals surface area contributed by atoms with Crippen molar-refractivity contribution in [3.63, 3.8) is 0 Å². The molecule has 0 aromatic heterocycles. The smallest absolute Gasteiger partial charge is 0.216 e. The van der Waals surface area contributed by atoms with Crippen molar-refractivity contribution in [2.24, 2.45) is 5.92 Å². The van der Waals surface area contributed by atoms with Gasteiger partial charge in [-0.3, -0.25) is 4.79 Å². The second-order valence-corrected chi connectivity index (χ2v) is 9.02. The zero-order valence-electron chi connectivity index (χ0n) is 19.2. The van der Waals surface area contributed by atoms with Crippen molar-refractivity contribution in [3.05, 3.63) is 89.7 Å². The number of carbonyl (C=O) groups excluding carboxylic acids is 1. The Labute approximate surface area is 196 Å². The zero-order chi connectivity index (χ0) is 23.0. The fraction of sp³-hybridized carbons (Fsp3) is 0.345. The van der Waals surface area contributed by atoms with Crippen LogP contribution in [0.25, 0.3) is 11.1 Å². The molecule has 0 radical (unpaired) electrons. The SMILES string of the molecule is CC(=O)NCCc1ccc(O[C@H]2CCC[C@@H](Cc3ccccc3)C2)cc1-c1cccc(F)c1. The molecule has 0 heterocycles. The number of carbonyl (C=O) groups is 1. The fourth-order valence-corrected chi connectivity index (χ4v) is 4.82. The summed E-state index contributed by atoms with van der Waals surface area (Å²) in [7, 11) is 0. The highest BCUT2D eigenvalue weighted by molar-refractivity contribution is 5.73. The van der Waals surface area contributed by atoms with Crippen LogP contribution in [0.15, 0.2) is 72.8 Å². The van der Waals surface area contributed by atoms with Gasteiger partial charge >= 0.3 is 0 Å². The Balaban J connectivity index is 1.49. The van der Waals surface area contributed by atoms with Crippen LogP contribution in [-0.4, -0.2) is 18.6 Å². The Morgan fingerprint density at radius 2 is 1.88 bits per heavy atom. The molecular weight excluding hydrogens is 413 g/mol. The molecule has 3 aromatic carbocycles. The fourth-order valence-electron chi connectivity index (χ4n) is 4.82. The number of hydrogen-bond acceptors (Lipinski definition) is 2. The van der Waals surface area contributed by atoms with Gasteiger partial charge in [-0.15, -0.1) is 0 Å². The van der Waals surface area contributed by atoms with Gasteiger partial charge in [-0.2, -0.15) is 0 Å². The van der Waals surface area contributed by atoms with Crippen LogP contribution >= 0.6 is 0 Å². The lowest BCUT2D eigenvalue weighted by Gasteiger charge is -2.30. The second-order valence-electron chi connectivity index (χ2n) is 9.02. The van der Waals surface area contributed by atoms with E-state index in [1.807, 2.05) is 24.3 Å². The summed E-state index contributed by atoms with van der Waals surface area (Å²) in [6.07, 6.45) is 6.49. The number of halogens is 1. The maximum absolute atomic E-state index is 13.9. The molecule has 33 heavy (non-hydrogen) atoms. The van der Waals surface area contributed by atoms with Crippen molar-refractivity contribution >= 4 is 5.91 Å². The van der Waals surface area contributed by atoms with E-state index in [9.17, 15) is 9.18 Å². The van der Waals surface area contributed by atoms with E-state index in [-0.39, 0.29) is 17.8 Å². The van der Waals surface area contributed by atoms with Crippen LogP contribution in [0, 0.1) is 11.7 Å². The van der Waals surface area contributed by atoms with Gasteiger partial charge in [0, 0.05) is 13.5 Å². The molecule has 0 saturated heterocycles. The molecule has 0 unspecified atom stereocenters. The molecular formula is C29H32FNO2. The summed E-state index contributed by atoms with van der Waals surface area (Å²) in [5.41, 5.74) is 4.23. The minimum Gasteiger partial charge on any atom is -0.490 e. The summed E-state index contributed by atoms with van der Waals surface area (Å²) >= 11 is 0. The maximum Gasteiger partial charge on any atom is 0.216 e. The van der Waals surface area contributed by atoms with Crippen molar-refractivity contribution in [2.45, 2.75) is 51.6 Å². The number of amides is 1. The number of hydrogen-bond donors (Lipinski definition) is 1. The number of rotatable bonds is 8. The Morgan fingerprint density at radius 3 is 2.67 bits per heavy atom. The van der Waals surface area contributed by atoms with Gasteiger partial charge < -0.3 is 10.1 Å². The Morgan fingerprint density at radius 1 is 1.03 bits per heavy atom. The summed E-state index contributed by atoms with van der Waals surface area (Å²) in [6, 6.07) is 23.4. The third kappa shape index (κ3) is 6.67. The topological polar surface area (TPSA) is 38.3 Å². The molecule has 0 bridgehead atoms. The van der Waals surface area contributed by atoms with Crippen molar-refractivity contribution < 1.29 is 13.9 Å². The molecule has 3 aromatic rings. The first-order valence-electron chi connectivity index (χ1n) is 11.9. The van der Waals surface area contributed by atoms with E-state index in [0.717, 1.165) is 41.7 Å². The molecule has 4 heteroatoms. The highest BCUT2D eigenvalue weighted by atomic mass is 19.1. The zero-order valence-corrected chi connectivity index (χ0v) is 19.2. The van der Waals surface area contributed by atoms with E-state index in [1.165, 1.54) is 31.4 Å². The van der Waals surface area contributed by atoms with Crippen molar-refractivity contribution in [3.8, 4) is 16.9 Å². The number of ether oxygens (including phenoxy) is 1. The quantitative estimate of drug-likeness (QED) is 0.439. The van der Waals surface area contributed by atoms with Gasteiger partial charge in [0.1, 0.15) is 11.6 Å². The van der Waals surface area contributed by atoms with Gasteiger partial charge in [-0.1, -0.05) is 48.5 Å². The molecule has 1 N–H and O–H groups in total. The van der Waals surface area contributed by atoms with Gasteiger partial charge in [0.2, 0.25) is 5.91 Å². The van der Waals surface area contributed by atoms with Crippen molar-refractivity contribution in [2.75, 3.05) is 6.54 Å². The van der Waals surface area contributed by atoms with Crippen LogP contribution in [0.5, 0.6) is 5.75 Å². The molecule has 1 aliphatic carbocycles. The monoisotopic (exact) mass is 445 g/mol. The van der Waals surface area contributed by atoms with Gasteiger partial charge in [0.15, 0.2) is 0 Å². The maximum atomic E-state index is 13.9. The lowest BCUT2D eigenvalue weighted by molar-refractivity contribution is -0.118. The Hall–Kier alpha value is -3.14. The van der Waals surface area contributed by atoms with E-state index in [4.69, 9.17) is 4.74 Å². The predicted octanol–water partition coefficient (Wildman–Crippen LogP) is 6.35. The normalized spacial score (nSPS) is 18.0. The highest BCUT2D eigenvalue weighted by Gasteiger charge is 2.24. The van der Waals surface area contributed by atoms with Crippen LogP contribution in [0.1, 0.15) is 43.7 Å². The van der Waals surface area contributed by atoms with Crippen molar-refractivity contribution in [1.82, 2.24) is 5.32 Å². The van der Waals surface area contributed by atoms with E-state index >= 15 is 0 Å².